The number of nitrogens with zero attached hydrogens (tertiary/aromatic N) is 2. The molecule has 34 heavy (non-hydrogen) atoms. The predicted molar refractivity (Wildman–Crippen MR) is 121 cm³/mol. The molecule has 2 amide bonds. The number of aryl methyl sites for hydroxylation is 1. The molecule has 1 aliphatic carbocycles. The maximum atomic E-state index is 14.0. The van der Waals surface area contributed by atoms with E-state index in [1.807, 2.05) is 24.3 Å². The number of aromatic nitrogens is 2. The van der Waals surface area contributed by atoms with E-state index in [-0.39, 0.29) is 28.9 Å². The van der Waals surface area contributed by atoms with E-state index in [1.54, 1.807) is 30.3 Å². The maximum absolute atomic E-state index is 14.0. The second-order valence-electron chi connectivity index (χ2n) is 7.92. The number of ether oxygens (including phenoxy) is 1. The van der Waals surface area contributed by atoms with Crippen LogP contribution in [0.1, 0.15) is 40.4 Å². The van der Waals surface area contributed by atoms with Crippen molar-refractivity contribution in [3.8, 4) is 22.8 Å². The lowest BCUT2D eigenvalue weighted by atomic mass is 9.89. The molecule has 5 rings (SSSR count). The number of rotatable bonds is 4. The zero-order valence-electron chi connectivity index (χ0n) is 18.0. The SMILES string of the molecule is O=C(NC(=O)c1cccc(-c2noc(-c3ccccc3F)n2)c1)OC1CCCc2ccccc21. The van der Waals surface area contributed by atoms with E-state index < -0.39 is 17.8 Å². The molecular weight excluding hydrogens is 437 g/mol. The van der Waals surface area contributed by atoms with E-state index in [1.165, 1.54) is 18.2 Å². The Kier molecular flexibility index (Phi) is 5.86. The van der Waals surface area contributed by atoms with Gasteiger partial charge in [-0.1, -0.05) is 53.7 Å². The Labute approximate surface area is 194 Å². The lowest BCUT2D eigenvalue weighted by molar-refractivity contribution is 0.0770. The zero-order chi connectivity index (χ0) is 23.5. The summed E-state index contributed by atoms with van der Waals surface area (Å²) >= 11 is 0. The summed E-state index contributed by atoms with van der Waals surface area (Å²) in [6.45, 7) is 0. The molecule has 0 bridgehead atoms. The highest BCUT2D eigenvalue weighted by Crippen LogP contribution is 2.32. The Balaban J connectivity index is 1.28. The van der Waals surface area contributed by atoms with Crippen LogP contribution in [0.5, 0.6) is 0 Å². The Morgan fingerprint density at radius 2 is 1.85 bits per heavy atom. The molecule has 1 aromatic heterocycles. The van der Waals surface area contributed by atoms with E-state index in [2.05, 4.69) is 15.5 Å². The Morgan fingerprint density at radius 1 is 1.03 bits per heavy atom. The molecule has 1 N–H and O–H groups in total. The third-order valence-corrected chi connectivity index (χ3v) is 5.69. The molecule has 0 aliphatic heterocycles. The first kappa shape index (κ1) is 21.5. The van der Waals surface area contributed by atoms with Gasteiger partial charge in [-0.25, -0.2) is 9.18 Å². The summed E-state index contributed by atoms with van der Waals surface area (Å²) in [6, 6.07) is 20.3. The summed E-state index contributed by atoms with van der Waals surface area (Å²) in [7, 11) is 0. The second-order valence-corrected chi connectivity index (χ2v) is 7.92. The van der Waals surface area contributed by atoms with Crippen molar-refractivity contribution < 1.29 is 23.2 Å². The normalized spacial score (nSPS) is 14.8. The molecule has 0 radical (unpaired) electrons. The van der Waals surface area contributed by atoms with Gasteiger partial charge in [0.25, 0.3) is 11.8 Å². The van der Waals surface area contributed by atoms with Gasteiger partial charge >= 0.3 is 6.09 Å². The van der Waals surface area contributed by atoms with Crippen LogP contribution < -0.4 is 5.32 Å². The van der Waals surface area contributed by atoms with Crippen LogP contribution in [0.25, 0.3) is 22.8 Å². The number of alkyl carbamates (subject to hydrolysis) is 1. The molecule has 8 heteroatoms. The van der Waals surface area contributed by atoms with Gasteiger partial charge in [0.1, 0.15) is 11.9 Å². The van der Waals surface area contributed by atoms with Crippen LogP contribution in [-0.2, 0) is 11.2 Å². The quantitative estimate of drug-likeness (QED) is 0.436. The maximum Gasteiger partial charge on any atom is 0.414 e. The number of hydrogen-bond donors (Lipinski definition) is 1. The van der Waals surface area contributed by atoms with Crippen LogP contribution in [0.15, 0.2) is 77.3 Å². The molecule has 1 heterocycles. The number of amides is 2. The fraction of sp³-hybridized carbons (Fsp3) is 0.154. The summed E-state index contributed by atoms with van der Waals surface area (Å²) in [4.78, 5) is 29.3. The van der Waals surface area contributed by atoms with E-state index in [9.17, 15) is 14.0 Å². The molecule has 3 aromatic carbocycles. The van der Waals surface area contributed by atoms with Gasteiger partial charge in [-0.05, 0) is 54.7 Å². The monoisotopic (exact) mass is 457 g/mol. The molecule has 0 saturated carbocycles. The average molecular weight is 457 g/mol. The summed E-state index contributed by atoms with van der Waals surface area (Å²) in [5.41, 5.74) is 3.01. The molecular formula is C26H20FN3O4. The summed E-state index contributed by atoms with van der Waals surface area (Å²) in [5, 5.41) is 6.17. The highest BCUT2D eigenvalue weighted by atomic mass is 19.1. The Hall–Kier alpha value is -4.33. The number of hydrogen-bond acceptors (Lipinski definition) is 6. The molecule has 4 aromatic rings. The minimum atomic E-state index is -0.807. The number of carbonyl (C=O) groups is 2. The van der Waals surface area contributed by atoms with Gasteiger partial charge in [0.15, 0.2) is 0 Å². The lowest BCUT2D eigenvalue weighted by Gasteiger charge is -2.25. The number of imide groups is 1. The van der Waals surface area contributed by atoms with Crippen LogP contribution in [0.3, 0.4) is 0 Å². The van der Waals surface area contributed by atoms with Gasteiger partial charge in [0, 0.05) is 11.1 Å². The minimum absolute atomic E-state index is 0.0271. The highest BCUT2D eigenvalue weighted by Gasteiger charge is 2.24. The first-order chi connectivity index (χ1) is 16.6. The molecule has 1 unspecified atom stereocenters. The molecule has 7 nitrogen and oxygen atoms in total. The summed E-state index contributed by atoms with van der Waals surface area (Å²) in [5.74, 6) is -0.882. The van der Waals surface area contributed by atoms with Crippen molar-refractivity contribution in [2.75, 3.05) is 0 Å². The van der Waals surface area contributed by atoms with Gasteiger partial charge < -0.3 is 9.26 Å². The van der Waals surface area contributed by atoms with Gasteiger partial charge in [-0.15, -0.1) is 0 Å². The molecule has 170 valence electrons. The van der Waals surface area contributed by atoms with Crippen molar-refractivity contribution in [3.63, 3.8) is 0 Å². The summed E-state index contributed by atoms with van der Waals surface area (Å²) < 4.78 is 24.7. The number of fused-ring (bicyclic) bond motifs is 1. The van der Waals surface area contributed by atoms with Crippen molar-refractivity contribution in [3.05, 3.63) is 95.3 Å². The van der Waals surface area contributed by atoms with E-state index in [0.717, 1.165) is 24.0 Å². The highest BCUT2D eigenvalue weighted by molar-refractivity contribution is 6.03. The number of halogens is 1. The largest absolute Gasteiger partial charge is 0.441 e. The van der Waals surface area contributed by atoms with Gasteiger partial charge in [0.05, 0.1) is 5.56 Å². The van der Waals surface area contributed by atoms with Gasteiger partial charge in [-0.3, -0.25) is 10.1 Å². The van der Waals surface area contributed by atoms with Gasteiger partial charge in [-0.2, -0.15) is 4.98 Å². The van der Waals surface area contributed by atoms with Crippen molar-refractivity contribution in [1.29, 1.82) is 0 Å². The van der Waals surface area contributed by atoms with Crippen molar-refractivity contribution in [2.45, 2.75) is 25.4 Å². The van der Waals surface area contributed by atoms with Crippen LogP contribution in [0.4, 0.5) is 9.18 Å². The molecule has 1 aliphatic rings. The Bertz CT molecular complexity index is 1370. The van der Waals surface area contributed by atoms with Crippen LogP contribution >= 0.6 is 0 Å². The van der Waals surface area contributed by atoms with E-state index in [4.69, 9.17) is 9.26 Å². The van der Waals surface area contributed by atoms with E-state index in [0.29, 0.717) is 12.0 Å². The molecule has 0 saturated heterocycles. The Morgan fingerprint density at radius 3 is 2.74 bits per heavy atom. The second kappa shape index (κ2) is 9.27. The van der Waals surface area contributed by atoms with Crippen LogP contribution in [0.2, 0.25) is 0 Å². The first-order valence-corrected chi connectivity index (χ1v) is 10.9. The topological polar surface area (TPSA) is 94.3 Å². The standard InChI is InChI=1S/C26H20FN3O4/c27-21-13-4-3-12-20(21)25-28-23(30-34-25)17-9-5-10-18(15-17)24(31)29-26(32)33-22-14-6-8-16-7-1-2-11-19(16)22/h1-5,7,9-13,15,22H,6,8,14H2,(H,29,31,32). The molecule has 0 spiro atoms. The molecule has 0 fully saturated rings. The predicted octanol–water partition coefficient (Wildman–Crippen LogP) is 5.49. The fourth-order valence-corrected chi connectivity index (χ4v) is 4.04. The third kappa shape index (κ3) is 4.43. The summed E-state index contributed by atoms with van der Waals surface area (Å²) in [6.07, 6.45) is 1.36. The van der Waals surface area contributed by atoms with E-state index >= 15 is 0 Å². The lowest BCUT2D eigenvalue weighted by Crippen LogP contribution is -2.32. The van der Waals surface area contributed by atoms with Gasteiger partial charge in [0.2, 0.25) is 5.82 Å². The smallest absolute Gasteiger partial charge is 0.414 e. The number of nitrogens with one attached hydrogen (secondary N) is 1. The third-order valence-electron chi connectivity index (χ3n) is 5.69. The number of carbonyl (C=O) groups excluding carboxylic acids is 2. The van der Waals surface area contributed by atoms with Crippen molar-refractivity contribution in [2.24, 2.45) is 0 Å². The van der Waals surface area contributed by atoms with Crippen molar-refractivity contribution >= 4 is 12.0 Å². The fourth-order valence-electron chi connectivity index (χ4n) is 4.04. The molecule has 1 atom stereocenters. The first-order valence-electron chi connectivity index (χ1n) is 10.9. The van der Waals surface area contributed by atoms with Crippen LogP contribution in [-0.4, -0.2) is 22.1 Å². The number of benzene rings is 3. The van der Waals surface area contributed by atoms with Crippen molar-refractivity contribution in [1.82, 2.24) is 15.5 Å². The van der Waals surface area contributed by atoms with Crippen LogP contribution in [0, 0.1) is 5.82 Å². The average Bonchev–Trinajstić information content (AvgIpc) is 3.35. The minimum Gasteiger partial charge on any atom is -0.441 e. The zero-order valence-corrected chi connectivity index (χ0v) is 18.0.